The third-order valence-corrected chi connectivity index (χ3v) is 1.50. The number of aromatic nitrogens is 1. The number of carboxylic acid groups (broad SMARTS) is 1. The second-order valence-electron chi connectivity index (χ2n) is 2.29. The monoisotopic (exact) mass is 167 g/mol. The lowest BCUT2D eigenvalue weighted by Crippen LogP contribution is -2.02. The number of aryl methyl sites for hydroxylation is 1. The zero-order valence-corrected chi connectivity index (χ0v) is 6.87. The van der Waals surface area contributed by atoms with Gasteiger partial charge in [-0.15, -0.1) is 0 Å². The number of carbonyl (C=O) groups is 1. The van der Waals surface area contributed by atoms with E-state index in [9.17, 15) is 4.79 Å². The summed E-state index contributed by atoms with van der Waals surface area (Å²) in [5.41, 5.74) is 0.664. The van der Waals surface area contributed by atoms with Crippen molar-refractivity contribution in [1.29, 1.82) is 0 Å². The maximum absolute atomic E-state index is 10.5. The Bertz CT molecular complexity index is 309. The van der Waals surface area contributed by atoms with Crippen LogP contribution < -0.4 is 4.74 Å². The molecule has 1 aromatic heterocycles. The van der Waals surface area contributed by atoms with Crippen LogP contribution in [0.4, 0.5) is 0 Å². The van der Waals surface area contributed by atoms with Gasteiger partial charge in [0, 0.05) is 6.07 Å². The molecule has 0 saturated carbocycles. The van der Waals surface area contributed by atoms with Gasteiger partial charge in [0.1, 0.15) is 0 Å². The van der Waals surface area contributed by atoms with Gasteiger partial charge in [-0.1, -0.05) is 0 Å². The van der Waals surface area contributed by atoms with Crippen LogP contribution in [0.3, 0.4) is 0 Å². The van der Waals surface area contributed by atoms with E-state index in [1.54, 1.807) is 6.92 Å². The highest BCUT2D eigenvalue weighted by atomic mass is 16.5. The van der Waals surface area contributed by atoms with Gasteiger partial charge in [-0.05, 0) is 13.0 Å². The molecule has 0 spiro atoms. The lowest BCUT2D eigenvalue weighted by Gasteiger charge is -2.01. The summed E-state index contributed by atoms with van der Waals surface area (Å²) in [7, 11) is 1.49. The van der Waals surface area contributed by atoms with Gasteiger partial charge in [0.05, 0.1) is 18.4 Å². The molecule has 0 unspecified atom stereocenters. The van der Waals surface area contributed by atoms with Gasteiger partial charge in [-0.3, -0.25) is 0 Å². The highest BCUT2D eigenvalue weighted by Gasteiger charge is 2.07. The maximum atomic E-state index is 10.5. The summed E-state index contributed by atoms with van der Waals surface area (Å²) >= 11 is 0. The third-order valence-electron chi connectivity index (χ3n) is 1.50. The Balaban J connectivity index is 3.12. The molecule has 0 atom stereocenters. The smallest absolute Gasteiger partial charge is 0.337 e. The first-order chi connectivity index (χ1) is 5.65. The molecular weight excluding hydrogens is 158 g/mol. The number of rotatable bonds is 2. The van der Waals surface area contributed by atoms with E-state index in [2.05, 4.69) is 4.98 Å². The molecule has 0 aromatic carbocycles. The fourth-order valence-corrected chi connectivity index (χ4v) is 0.878. The zero-order valence-electron chi connectivity index (χ0n) is 6.87. The lowest BCUT2D eigenvalue weighted by atomic mass is 10.2. The van der Waals surface area contributed by atoms with E-state index in [-0.39, 0.29) is 5.56 Å². The highest BCUT2D eigenvalue weighted by molar-refractivity contribution is 5.88. The molecular formula is C8H9NO3. The molecule has 64 valence electrons. The Kier molecular flexibility index (Phi) is 2.28. The van der Waals surface area contributed by atoms with Crippen molar-refractivity contribution in [3.05, 3.63) is 23.4 Å². The number of aromatic carboxylic acids is 1. The van der Waals surface area contributed by atoms with Gasteiger partial charge >= 0.3 is 5.97 Å². The molecule has 0 amide bonds. The molecule has 0 bridgehead atoms. The van der Waals surface area contributed by atoms with Gasteiger partial charge in [0.15, 0.2) is 0 Å². The summed E-state index contributed by atoms with van der Waals surface area (Å²) in [6.45, 7) is 1.63. The van der Waals surface area contributed by atoms with Crippen LogP contribution in [0.25, 0.3) is 0 Å². The van der Waals surface area contributed by atoms with E-state index < -0.39 is 5.97 Å². The van der Waals surface area contributed by atoms with Gasteiger partial charge < -0.3 is 9.84 Å². The van der Waals surface area contributed by atoms with E-state index in [0.717, 1.165) is 0 Å². The third kappa shape index (κ3) is 1.53. The van der Waals surface area contributed by atoms with Crippen molar-refractivity contribution in [3.63, 3.8) is 0 Å². The molecule has 4 heteroatoms. The van der Waals surface area contributed by atoms with Gasteiger partial charge in [0.2, 0.25) is 5.88 Å². The lowest BCUT2D eigenvalue weighted by molar-refractivity contribution is 0.0695. The number of methoxy groups -OCH3 is 1. The quantitative estimate of drug-likeness (QED) is 0.716. The van der Waals surface area contributed by atoms with Crippen LogP contribution in [-0.2, 0) is 0 Å². The number of carboxylic acids is 1. The predicted octanol–water partition coefficient (Wildman–Crippen LogP) is 1.10. The molecule has 0 fully saturated rings. The second-order valence-corrected chi connectivity index (χ2v) is 2.29. The first kappa shape index (κ1) is 8.52. The molecule has 1 rings (SSSR count). The molecule has 0 aliphatic heterocycles. The highest BCUT2D eigenvalue weighted by Crippen LogP contribution is 2.11. The van der Waals surface area contributed by atoms with Crippen molar-refractivity contribution in [2.24, 2.45) is 0 Å². The van der Waals surface area contributed by atoms with Crippen molar-refractivity contribution in [1.82, 2.24) is 4.98 Å². The number of hydrogen-bond acceptors (Lipinski definition) is 3. The molecule has 4 nitrogen and oxygen atoms in total. The maximum Gasteiger partial charge on any atom is 0.337 e. The number of ether oxygens (including phenoxy) is 1. The Morgan fingerprint density at radius 3 is 2.67 bits per heavy atom. The van der Waals surface area contributed by atoms with Crippen molar-refractivity contribution in [2.75, 3.05) is 7.11 Å². The van der Waals surface area contributed by atoms with Crippen molar-refractivity contribution >= 4 is 5.97 Å². The van der Waals surface area contributed by atoms with Gasteiger partial charge in [0.25, 0.3) is 0 Å². The zero-order chi connectivity index (χ0) is 9.14. The summed E-state index contributed by atoms with van der Waals surface area (Å²) < 4.78 is 4.83. The molecule has 0 radical (unpaired) electrons. The fourth-order valence-electron chi connectivity index (χ4n) is 0.878. The van der Waals surface area contributed by atoms with Crippen LogP contribution in [0.2, 0.25) is 0 Å². The predicted molar refractivity (Wildman–Crippen MR) is 42.5 cm³/mol. The van der Waals surface area contributed by atoms with Crippen LogP contribution in [0.5, 0.6) is 5.88 Å². The Morgan fingerprint density at radius 2 is 2.25 bits per heavy atom. The second kappa shape index (κ2) is 3.21. The molecule has 1 aromatic rings. The van der Waals surface area contributed by atoms with Crippen LogP contribution in [-0.4, -0.2) is 23.2 Å². The molecule has 1 N–H and O–H groups in total. The van der Waals surface area contributed by atoms with Crippen LogP contribution >= 0.6 is 0 Å². The summed E-state index contributed by atoms with van der Waals surface area (Å²) in [6.07, 6.45) is 0. The topological polar surface area (TPSA) is 59.4 Å². The standard InChI is InChI=1S/C8H9NO3/c1-5-6(8(10)11)3-4-7(9-5)12-2/h3-4H,1-2H3,(H,10,11). The average molecular weight is 167 g/mol. The minimum absolute atomic E-state index is 0.204. The SMILES string of the molecule is COc1ccc(C(=O)O)c(C)n1. The summed E-state index contributed by atoms with van der Waals surface area (Å²) in [5.74, 6) is -0.542. The number of nitrogens with zero attached hydrogens (tertiary/aromatic N) is 1. The number of pyridine rings is 1. The molecule has 0 saturated heterocycles. The minimum atomic E-state index is -0.970. The van der Waals surface area contributed by atoms with E-state index in [0.29, 0.717) is 11.6 Å². The van der Waals surface area contributed by atoms with E-state index >= 15 is 0 Å². The largest absolute Gasteiger partial charge is 0.481 e. The molecule has 1 heterocycles. The molecule has 0 aliphatic carbocycles. The summed E-state index contributed by atoms with van der Waals surface area (Å²) in [5, 5.41) is 8.65. The molecule has 12 heavy (non-hydrogen) atoms. The van der Waals surface area contributed by atoms with E-state index in [4.69, 9.17) is 9.84 Å². The first-order valence-corrected chi connectivity index (χ1v) is 3.40. The van der Waals surface area contributed by atoms with Crippen molar-refractivity contribution in [2.45, 2.75) is 6.92 Å². The van der Waals surface area contributed by atoms with E-state index in [1.165, 1.54) is 19.2 Å². The van der Waals surface area contributed by atoms with Crippen LogP contribution in [0.15, 0.2) is 12.1 Å². The van der Waals surface area contributed by atoms with Crippen LogP contribution in [0, 0.1) is 6.92 Å². The van der Waals surface area contributed by atoms with Crippen LogP contribution in [0.1, 0.15) is 16.1 Å². The van der Waals surface area contributed by atoms with Gasteiger partial charge in [-0.2, -0.15) is 0 Å². The van der Waals surface area contributed by atoms with Crippen molar-refractivity contribution in [3.8, 4) is 5.88 Å². The Labute approximate surface area is 69.8 Å². The van der Waals surface area contributed by atoms with Crippen molar-refractivity contribution < 1.29 is 14.6 Å². The minimum Gasteiger partial charge on any atom is -0.481 e. The number of hydrogen-bond donors (Lipinski definition) is 1. The average Bonchev–Trinajstić information content (AvgIpc) is 2.03. The normalized spacial score (nSPS) is 9.50. The Morgan fingerprint density at radius 1 is 1.58 bits per heavy atom. The summed E-state index contributed by atoms with van der Waals surface area (Å²) in [6, 6.07) is 3.00. The first-order valence-electron chi connectivity index (χ1n) is 3.40. The fraction of sp³-hybridized carbons (Fsp3) is 0.250. The van der Waals surface area contributed by atoms with Gasteiger partial charge in [-0.25, -0.2) is 9.78 Å². The summed E-state index contributed by atoms with van der Waals surface area (Å²) in [4.78, 5) is 14.5. The van der Waals surface area contributed by atoms with E-state index in [1.807, 2.05) is 0 Å². The molecule has 0 aliphatic rings. The Hall–Kier alpha value is -1.58.